The molecule has 1 aliphatic heterocycles. The number of carbonyl (C=O) groups excluding carboxylic acids is 1. The second kappa shape index (κ2) is 7.59. The Labute approximate surface area is 167 Å². The Morgan fingerprint density at radius 3 is 2.79 bits per heavy atom. The van der Waals surface area contributed by atoms with Crippen LogP contribution in [0, 0.1) is 6.92 Å². The van der Waals surface area contributed by atoms with Gasteiger partial charge in [0.05, 0.1) is 5.69 Å². The molecule has 1 saturated heterocycles. The maximum atomic E-state index is 12.6. The molecule has 28 heavy (non-hydrogen) atoms. The first-order valence-corrected chi connectivity index (χ1v) is 10.3. The van der Waals surface area contributed by atoms with Crippen LogP contribution in [0.15, 0.2) is 30.3 Å². The van der Waals surface area contributed by atoms with Crippen molar-refractivity contribution in [3.05, 3.63) is 52.8 Å². The van der Waals surface area contributed by atoms with Crippen LogP contribution < -0.4 is 10.6 Å². The minimum absolute atomic E-state index is 0.0527. The summed E-state index contributed by atoms with van der Waals surface area (Å²) >= 11 is 0. The Hall–Kier alpha value is -2.34. The summed E-state index contributed by atoms with van der Waals surface area (Å²) in [5.74, 6) is 0. The van der Waals surface area contributed by atoms with Crippen molar-refractivity contribution < 1.29 is 4.79 Å². The third kappa shape index (κ3) is 4.07. The number of nitrogens with zero attached hydrogens (tertiary/aromatic N) is 2. The molecule has 0 saturated carbocycles. The largest absolute Gasteiger partial charge is 0.335 e. The Morgan fingerprint density at radius 1 is 1.25 bits per heavy atom. The van der Waals surface area contributed by atoms with E-state index in [1.165, 1.54) is 11.1 Å². The summed E-state index contributed by atoms with van der Waals surface area (Å²) < 4.78 is 0. The van der Waals surface area contributed by atoms with E-state index in [9.17, 15) is 4.79 Å². The van der Waals surface area contributed by atoms with Gasteiger partial charge in [-0.2, -0.15) is 5.10 Å². The molecular weight excluding hydrogens is 350 g/mol. The first-order valence-electron chi connectivity index (χ1n) is 10.3. The Balaban J connectivity index is 1.30. The summed E-state index contributed by atoms with van der Waals surface area (Å²) in [6.45, 7) is 8.38. The molecule has 1 fully saturated rings. The number of hydrogen-bond donors (Lipinski definition) is 3. The van der Waals surface area contributed by atoms with Gasteiger partial charge >= 0.3 is 6.03 Å². The van der Waals surface area contributed by atoms with Gasteiger partial charge in [0.1, 0.15) is 0 Å². The van der Waals surface area contributed by atoms with E-state index in [1.54, 1.807) is 0 Å². The van der Waals surface area contributed by atoms with Crippen molar-refractivity contribution >= 4 is 6.03 Å². The maximum absolute atomic E-state index is 12.6. The molecule has 2 amide bonds. The monoisotopic (exact) mass is 381 g/mol. The van der Waals surface area contributed by atoms with Crippen molar-refractivity contribution in [1.29, 1.82) is 0 Å². The SMILES string of the molecule is Cc1[nH]nc2c1CCC(NC(=O)NC1CN(Cc3ccccc3)C(C)(C)C1)C2. The van der Waals surface area contributed by atoms with Crippen LogP contribution >= 0.6 is 0 Å². The van der Waals surface area contributed by atoms with Crippen molar-refractivity contribution in [2.24, 2.45) is 0 Å². The number of rotatable bonds is 4. The second-order valence-electron chi connectivity index (χ2n) is 8.91. The van der Waals surface area contributed by atoms with Gasteiger partial charge in [-0.05, 0) is 51.2 Å². The van der Waals surface area contributed by atoms with Crippen LogP contribution in [0.2, 0.25) is 0 Å². The number of urea groups is 1. The van der Waals surface area contributed by atoms with E-state index in [0.29, 0.717) is 0 Å². The zero-order valence-corrected chi connectivity index (χ0v) is 17.1. The average molecular weight is 382 g/mol. The fourth-order valence-electron chi connectivity index (χ4n) is 4.68. The van der Waals surface area contributed by atoms with Crippen molar-refractivity contribution in [3.8, 4) is 0 Å². The number of hydrogen-bond acceptors (Lipinski definition) is 3. The van der Waals surface area contributed by atoms with Gasteiger partial charge < -0.3 is 10.6 Å². The number of likely N-dealkylation sites (tertiary alicyclic amines) is 1. The summed E-state index contributed by atoms with van der Waals surface area (Å²) in [6, 6.07) is 10.8. The number of carbonyl (C=O) groups is 1. The molecular formula is C22H31N5O. The van der Waals surface area contributed by atoms with E-state index in [-0.39, 0.29) is 23.7 Å². The highest BCUT2D eigenvalue weighted by atomic mass is 16.2. The van der Waals surface area contributed by atoms with Gasteiger partial charge in [-0.15, -0.1) is 0 Å². The lowest BCUT2D eigenvalue weighted by Gasteiger charge is -2.31. The molecule has 3 N–H and O–H groups in total. The number of H-pyrrole nitrogens is 1. The summed E-state index contributed by atoms with van der Waals surface area (Å²) in [7, 11) is 0. The Bertz CT molecular complexity index is 829. The molecule has 6 heteroatoms. The van der Waals surface area contributed by atoms with Crippen LogP contribution in [-0.4, -0.2) is 45.3 Å². The van der Waals surface area contributed by atoms with E-state index < -0.39 is 0 Å². The quantitative estimate of drug-likeness (QED) is 0.762. The zero-order chi connectivity index (χ0) is 19.7. The lowest BCUT2D eigenvalue weighted by Crippen LogP contribution is -2.48. The zero-order valence-electron chi connectivity index (χ0n) is 17.1. The van der Waals surface area contributed by atoms with Crippen LogP contribution in [0.4, 0.5) is 4.79 Å². The number of nitrogens with one attached hydrogen (secondary N) is 3. The molecule has 2 atom stereocenters. The number of fused-ring (bicyclic) bond motifs is 1. The van der Waals surface area contributed by atoms with Gasteiger partial charge in [0, 0.05) is 42.8 Å². The van der Waals surface area contributed by atoms with E-state index in [4.69, 9.17) is 0 Å². The van der Waals surface area contributed by atoms with E-state index in [2.05, 4.69) is 70.8 Å². The average Bonchev–Trinajstić information content (AvgIpc) is 3.14. The van der Waals surface area contributed by atoms with Crippen molar-refractivity contribution in [3.63, 3.8) is 0 Å². The number of aromatic nitrogens is 2. The lowest BCUT2D eigenvalue weighted by atomic mass is 9.92. The van der Waals surface area contributed by atoms with Gasteiger partial charge in [0.25, 0.3) is 0 Å². The van der Waals surface area contributed by atoms with Crippen molar-refractivity contribution in [2.45, 2.75) is 70.6 Å². The summed E-state index contributed by atoms with van der Waals surface area (Å²) in [5, 5.41) is 13.8. The van der Waals surface area contributed by atoms with Crippen molar-refractivity contribution in [1.82, 2.24) is 25.7 Å². The van der Waals surface area contributed by atoms with Gasteiger partial charge in [0.2, 0.25) is 0 Å². The first-order chi connectivity index (χ1) is 13.4. The molecule has 4 rings (SSSR count). The molecule has 2 aliphatic rings. The van der Waals surface area contributed by atoms with Gasteiger partial charge in [-0.1, -0.05) is 30.3 Å². The Kier molecular flexibility index (Phi) is 5.15. The molecule has 1 aliphatic carbocycles. The fourth-order valence-corrected chi connectivity index (χ4v) is 4.68. The van der Waals surface area contributed by atoms with Crippen molar-refractivity contribution in [2.75, 3.05) is 6.54 Å². The van der Waals surface area contributed by atoms with Crippen LogP contribution in [-0.2, 0) is 19.4 Å². The standard InChI is InChI=1S/C22H31N5O/c1-15-19-10-9-17(11-20(19)26-25-15)23-21(28)24-18-12-22(2,3)27(14-18)13-16-7-5-4-6-8-16/h4-8,17-18H,9-14H2,1-3H3,(H,25,26)(H2,23,24,28). The summed E-state index contributed by atoms with van der Waals surface area (Å²) in [6.07, 6.45) is 3.71. The van der Waals surface area contributed by atoms with Gasteiger partial charge in [-0.25, -0.2) is 4.79 Å². The van der Waals surface area contributed by atoms with Gasteiger partial charge in [-0.3, -0.25) is 10.00 Å². The molecule has 0 spiro atoms. The van der Waals surface area contributed by atoms with Crippen LogP contribution in [0.1, 0.15) is 49.2 Å². The molecule has 6 nitrogen and oxygen atoms in total. The molecule has 1 aromatic carbocycles. The van der Waals surface area contributed by atoms with E-state index >= 15 is 0 Å². The van der Waals surface area contributed by atoms with E-state index in [1.807, 2.05) is 6.07 Å². The molecule has 0 bridgehead atoms. The second-order valence-corrected chi connectivity index (χ2v) is 8.91. The summed E-state index contributed by atoms with van der Waals surface area (Å²) in [5.41, 5.74) is 4.97. The normalized spacial score (nSPS) is 24.0. The smallest absolute Gasteiger partial charge is 0.315 e. The van der Waals surface area contributed by atoms with Crippen LogP contribution in [0.5, 0.6) is 0 Å². The minimum Gasteiger partial charge on any atom is -0.335 e. The highest BCUT2D eigenvalue weighted by molar-refractivity contribution is 5.74. The summed E-state index contributed by atoms with van der Waals surface area (Å²) in [4.78, 5) is 15.1. The molecule has 2 heterocycles. The fraction of sp³-hybridized carbons (Fsp3) is 0.545. The maximum Gasteiger partial charge on any atom is 0.315 e. The predicted molar refractivity (Wildman–Crippen MR) is 110 cm³/mol. The van der Waals surface area contributed by atoms with Crippen LogP contribution in [0.3, 0.4) is 0 Å². The highest BCUT2D eigenvalue weighted by Gasteiger charge is 2.39. The molecule has 2 unspecified atom stereocenters. The van der Waals surface area contributed by atoms with Gasteiger partial charge in [0.15, 0.2) is 0 Å². The Morgan fingerprint density at radius 2 is 2.00 bits per heavy atom. The lowest BCUT2D eigenvalue weighted by molar-refractivity contribution is 0.166. The predicted octanol–water partition coefficient (Wildman–Crippen LogP) is 2.93. The first kappa shape index (κ1) is 19.0. The molecule has 2 aromatic rings. The van der Waals surface area contributed by atoms with Crippen LogP contribution in [0.25, 0.3) is 0 Å². The molecule has 0 radical (unpaired) electrons. The third-order valence-corrected chi connectivity index (χ3v) is 6.27. The topological polar surface area (TPSA) is 73.0 Å². The molecule has 150 valence electrons. The number of benzene rings is 1. The number of aryl methyl sites for hydroxylation is 1. The number of aromatic amines is 1. The highest BCUT2D eigenvalue weighted by Crippen LogP contribution is 2.30. The van der Waals surface area contributed by atoms with E-state index in [0.717, 1.165) is 50.2 Å². The molecule has 1 aromatic heterocycles. The third-order valence-electron chi connectivity index (χ3n) is 6.27. The minimum atomic E-state index is -0.0527. The number of amides is 2.